The second kappa shape index (κ2) is 7.29. The first-order valence-corrected chi connectivity index (χ1v) is 8.06. The topological polar surface area (TPSA) is 113 Å². The molecular weight excluding hydrogens is 324 g/mol. The van der Waals surface area contributed by atoms with Crippen LogP contribution < -0.4 is 10.1 Å². The van der Waals surface area contributed by atoms with Crippen LogP contribution in [-0.2, 0) is 0 Å². The van der Waals surface area contributed by atoms with Gasteiger partial charge in [0.1, 0.15) is 0 Å². The molecule has 0 radical (unpaired) electrons. The molecule has 0 aromatic carbocycles. The van der Waals surface area contributed by atoms with E-state index >= 15 is 0 Å². The molecular formula is C16H20N6O3. The highest BCUT2D eigenvalue weighted by Gasteiger charge is 2.31. The molecule has 2 amide bonds. The molecule has 2 N–H and O–H groups in total. The molecule has 1 aliphatic rings. The number of hydrogen-bond acceptors (Lipinski definition) is 6. The van der Waals surface area contributed by atoms with Crippen molar-refractivity contribution in [2.75, 3.05) is 13.7 Å². The van der Waals surface area contributed by atoms with E-state index in [-0.39, 0.29) is 29.6 Å². The molecule has 2 atom stereocenters. The van der Waals surface area contributed by atoms with E-state index in [2.05, 4.69) is 25.7 Å². The van der Waals surface area contributed by atoms with Gasteiger partial charge in [0.15, 0.2) is 5.69 Å². The average Bonchev–Trinajstić information content (AvgIpc) is 3.17. The molecule has 0 aliphatic carbocycles. The van der Waals surface area contributed by atoms with Crippen molar-refractivity contribution in [1.82, 2.24) is 30.6 Å². The summed E-state index contributed by atoms with van der Waals surface area (Å²) in [6.45, 7) is 2.42. The standard InChI is InChI=1S/C16H20N6O3/c1-10-3-4-12(9-22(10)16(24)13-8-18-21-20-13)19-15(23)11-5-6-17-14(7-11)25-2/h5-8,10,12H,3-4,9H2,1-2H3,(H,19,23)(H,18,20,21)/t10-,12-/m1/s1. The quantitative estimate of drug-likeness (QED) is 0.841. The number of methoxy groups -OCH3 is 1. The van der Waals surface area contributed by atoms with E-state index in [1.54, 1.807) is 17.0 Å². The van der Waals surface area contributed by atoms with Gasteiger partial charge in [-0.05, 0) is 25.8 Å². The van der Waals surface area contributed by atoms with Gasteiger partial charge in [-0.15, -0.1) is 0 Å². The van der Waals surface area contributed by atoms with Gasteiger partial charge in [-0.1, -0.05) is 0 Å². The highest BCUT2D eigenvalue weighted by Crippen LogP contribution is 2.19. The first kappa shape index (κ1) is 16.9. The lowest BCUT2D eigenvalue weighted by atomic mass is 9.98. The number of piperidine rings is 1. The SMILES string of the molecule is COc1cc(C(=O)N[C@@H]2CC[C@@H](C)N(C(=O)c3cn[nH]n3)C2)ccn1. The van der Waals surface area contributed by atoms with Crippen molar-refractivity contribution in [3.8, 4) is 5.88 Å². The minimum Gasteiger partial charge on any atom is -0.481 e. The van der Waals surface area contributed by atoms with E-state index in [9.17, 15) is 9.59 Å². The van der Waals surface area contributed by atoms with E-state index < -0.39 is 0 Å². The Labute approximate surface area is 144 Å². The number of nitrogens with zero attached hydrogens (tertiary/aromatic N) is 4. The number of ether oxygens (including phenoxy) is 1. The van der Waals surface area contributed by atoms with Gasteiger partial charge in [0.2, 0.25) is 5.88 Å². The second-order valence-corrected chi connectivity index (χ2v) is 6.00. The van der Waals surface area contributed by atoms with Crippen molar-refractivity contribution in [2.45, 2.75) is 31.8 Å². The summed E-state index contributed by atoms with van der Waals surface area (Å²) in [7, 11) is 1.50. The van der Waals surface area contributed by atoms with Crippen LogP contribution in [0.15, 0.2) is 24.5 Å². The zero-order valence-electron chi connectivity index (χ0n) is 14.1. The minimum absolute atomic E-state index is 0.0818. The Bertz CT molecular complexity index is 748. The van der Waals surface area contributed by atoms with Gasteiger partial charge < -0.3 is 15.0 Å². The highest BCUT2D eigenvalue weighted by molar-refractivity contribution is 5.95. The largest absolute Gasteiger partial charge is 0.481 e. The first-order chi connectivity index (χ1) is 12.1. The fourth-order valence-corrected chi connectivity index (χ4v) is 2.89. The summed E-state index contributed by atoms with van der Waals surface area (Å²) in [6.07, 6.45) is 4.53. The third kappa shape index (κ3) is 3.76. The number of hydrogen-bond donors (Lipinski definition) is 2. The van der Waals surface area contributed by atoms with Crippen molar-refractivity contribution in [2.24, 2.45) is 0 Å². The van der Waals surface area contributed by atoms with Gasteiger partial charge in [0.25, 0.3) is 11.8 Å². The van der Waals surface area contributed by atoms with Crippen LogP contribution in [-0.4, -0.2) is 62.8 Å². The molecule has 25 heavy (non-hydrogen) atoms. The molecule has 132 valence electrons. The van der Waals surface area contributed by atoms with E-state index in [0.717, 1.165) is 12.8 Å². The van der Waals surface area contributed by atoms with Crippen LogP contribution in [0.25, 0.3) is 0 Å². The number of aromatic nitrogens is 4. The molecule has 9 nitrogen and oxygen atoms in total. The Hall–Kier alpha value is -2.97. The minimum atomic E-state index is -0.214. The molecule has 2 aromatic heterocycles. The molecule has 0 bridgehead atoms. The average molecular weight is 344 g/mol. The van der Waals surface area contributed by atoms with Gasteiger partial charge in [-0.3, -0.25) is 9.59 Å². The third-order valence-electron chi connectivity index (χ3n) is 4.32. The molecule has 0 unspecified atom stereocenters. The molecule has 0 spiro atoms. The Morgan fingerprint density at radius 2 is 2.24 bits per heavy atom. The number of aromatic amines is 1. The smallest absolute Gasteiger partial charge is 0.276 e. The molecule has 1 fully saturated rings. The predicted molar refractivity (Wildman–Crippen MR) is 88.2 cm³/mol. The maximum absolute atomic E-state index is 12.5. The van der Waals surface area contributed by atoms with E-state index in [4.69, 9.17) is 4.74 Å². The Balaban J connectivity index is 1.66. The number of likely N-dealkylation sites (tertiary alicyclic amines) is 1. The van der Waals surface area contributed by atoms with Crippen molar-refractivity contribution < 1.29 is 14.3 Å². The summed E-state index contributed by atoms with van der Waals surface area (Å²) in [5.74, 6) is -0.0207. The summed E-state index contributed by atoms with van der Waals surface area (Å²) in [6, 6.07) is 3.16. The van der Waals surface area contributed by atoms with Crippen molar-refractivity contribution in [3.63, 3.8) is 0 Å². The molecule has 1 saturated heterocycles. The predicted octanol–water partition coefficient (Wildman–Crippen LogP) is 0.631. The molecule has 0 saturated carbocycles. The van der Waals surface area contributed by atoms with Crippen LogP contribution >= 0.6 is 0 Å². The summed E-state index contributed by atoms with van der Waals surface area (Å²) in [5, 5.41) is 12.9. The summed E-state index contributed by atoms with van der Waals surface area (Å²) < 4.78 is 5.04. The van der Waals surface area contributed by atoms with Gasteiger partial charge in [0, 0.05) is 36.5 Å². The number of carbonyl (C=O) groups is 2. The number of carbonyl (C=O) groups excluding carboxylic acids is 2. The Morgan fingerprint density at radius 3 is 2.96 bits per heavy atom. The van der Waals surface area contributed by atoms with E-state index in [1.165, 1.54) is 19.5 Å². The number of amides is 2. The van der Waals surface area contributed by atoms with Gasteiger partial charge in [-0.2, -0.15) is 15.4 Å². The van der Waals surface area contributed by atoms with Gasteiger partial charge in [-0.25, -0.2) is 4.98 Å². The Kier molecular flexibility index (Phi) is 4.92. The molecule has 3 rings (SSSR count). The van der Waals surface area contributed by atoms with Gasteiger partial charge in [0.05, 0.1) is 13.3 Å². The zero-order chi connectivity index (χ0) is 17.8. The Morgan fingerprint density at radius 1 is 1.40 bits per heavy atom. The number of nitrogens with one attached hydrogen (secondary N) is 2. The lowest BCUT2D eigenvalue weighted by Crippen LogP contribution is -2.53. The first-order valence-electron chi connectivity index (χ1n) is 8.06. The van der Waals surface area contributed by atoms with E-state index in [1.807, 2.05) is 6.92 Å². The second-order valence-electron chi connectivity index (χ2n) is 6.00. The third-order valence-corrected chi connectivity index (χ3v) is 4.32. The van der Waals surface area contributed by atoms with Crippen molar-refractivity contribution in [3.05, 3.63) is 35.8 Å². The van der Waals surface area contributed by atoms with Crippen LogP contribution in [0.2, 0.25) is 0 Å². The molecule has 2 aromatic rings. The number of H-pyrrole nitrogens is 1. The summed E-state index contributed by atoms with van der Waals surface area (Å²) in [5.41, 5.74) is 0.748. The summed E-state index contributed by atoms with van der Waals surface area (Å²) in [4.78, 5) is 30.7. The van der Waals surface area contributed by atoms with Gasteiger partial charge >= 0.3 is 0 Å². The zero-order valence-corrected chi connectivity index (χ0v) is 14.1. The lowest BCUT2D eigenvalue weighted by molar-refractivity contribution is 0.0570. The van der Waals surface area contributed by atoms with Crippen LogP contribution in [0.1, 0.15) is 40.6 Å². The van der Waals surface area contributed by atoms with Crippen molar-refractivity contribution in [1.29, 1.82) is 0 Å². The van der Waals surface area contributed by atoms with Crippen LogP contribution in [0.4, 0.5) is 0 Å². The fourth-order valence-electron chi connectivity index (χ4n) is 2.89. The number of rotatable bonds is 4. The van der Waals surface area contributed by atoms with Crippen LogP contribution in [0.5, 0.6) is 5.88 Å². The highest BCUT2D eigenvalue weighted by atomic mass is 16.5. The van der Waals surface area contributed by atoms with Crippen LogP contribution in [0.3, 0.4) is 0 Å². The molecule has 9 heteroatoms. The maximum Gasteiger partial charge on any atom is 0.276 e. The normalized spacial score (nSPS) is 20.2. The maximum atomic E-state index is 12.5. The van der Waals surface area contributed by atoms with E-state index in [0.29, 0.717) is 18.0 Å². The summed E-state index contributed by atoms with van der Waals surface area (Å²) >= 11 is 0. The monoisotopic (exact) mass is 344 g/mol. The molecule has 1 aliphatic heterocycles. The lowest BCUT2D eigenvalue weighted by Gasteiger charge is -2.37. The fraction of sp³-hybridized carbons (Fsp3) is 0.438. The van der Waals surface area contributed by atoms with Crippen LogP contribution in [0, 0.1) is 0 Å². The van der Waals surface area contributed by atoms with Crippen molar-refractivity contribution >= 4 is 11.8 Å². The molecule has 3 heterocycles. The number of pyridine rings is 1.